The lowest BCUT2D eigenvalue weighted by atomic mass is 9.97. The summed E-state index contributed by atoms with van der Waals surface area (Å²) in [4.78, 5) is 22.3. The molecule has 2 saturated heterocycles. The van der Waals surface area contributed by atoms with Crippen LogP contribution in [0.2, 0.25) is 0 Å². The average Bonchev–Trinajstić information content (AvgIpc) is 3.41. The number of likely N-dealkylation sites (tertiary alicyclic amines) is 2. The topological polar surface area (TPSA) is 83.7 Å². The molecule has 1 aromatic heterocycles. The SMILES string of the molecule is COc1ccc(-c2noc(CN3CCCC(C(=O)NCc4ccc(CN5CCCC(C)C5)cc4)C3)n2)cc1. The van der Waals surface area contributed by atoms with E-state index < -0.39 is 0 Å². The monoisotopic (exact) mass is 517 g/mol. The van der Waals surface area contributed by atoms with Crippen LogP contribution in [-0.4, -0.2) is 59.1 Å². The van der Waals surface area contributed by atoms with Crippen LogP contribution in [0.1, 0.15) is 49.6 Å². The second kappa shape index (κ2) is 12.5. The Hall–Kier alpha value is -3.23. The van der Waals surface area contributed by atoms with Crippen LogP contribution in [-0.2, 0) is 24.4 Å². The van der Waals surface area contributed by atoms with Crippen LogP contribution >= 0.6 is 0 Å². The Labute approximate surface area is 225 Å². The zero-order valence-corrected chi connectivity index (χ0v) is 22.6. The fraction of sp³-hybridized carbons (Fsp3) is 0.500. The molecule has 0 aliphatic carbocycles. The highest BCUT2D eigenvalue weighted by Gasteiger charge is 2.27. The Morgan fingerprint density at radius 2 is 1.68 bits per heavy atom. The van der Waals surface area contributed by atoms with E-state index in [0.717, 1.165) is 48.7 Å². The Bertz CT molecular complexity index is 1180. The first kappa shape index (κ1) is 26.4. The first-order chi connectivity index (χ1) is 18.6. The second-order valence-corrected chi connectivity index (χ2v) is 10.8. The van der Waals surface area contributed by atoms with Gasteiger partial charge in [0.2, 0.25) is 17.6 Å². The zero-order chi connectivity index (χ0) is 26.3. The van der Waals surface area contributed by atoms with Gasteiger partial charge in [0.1, 0.15) is 5.75 Å². The lowest BCUT2D eigenvalue weighted by molar-refractivity contribution is -0.127. The minimum atomic E-state index is -0.0342. The van der Waals surface area contributed by atoms with Crippen LogP contribution < -0.4 is 10.1 Å². The van der Waals surface area contributed by atoms with Crippen LogP contribution in [0.4, 0.5) is 0 Å². The van der Waals surface area contributed by atoms with Crippen LogP contribution in [0.25, 0.3) is 11.4 Å². The lowest BCUT2D eigenvalue weighted by Crippen LogP contribution is -2.42. The number of hydrogen-bond acceptors (Lipinski definition) is 7. The van der Waals surface area contributed by atoms with Crippen molar-refractivity contribution in [2.75, 3.05) is 33.3 Å². The summed E-state index contributed by atoms with van der Waals surface area (Å²) in [6, 6.07) is 16.3. The third-order valence-corrected chi connectivity index (χ3v) is 7.69. The van der Waals surface area contributed by atoms with Gasteiger partial charge in [0, 0.05) is 31.7 Å². The molecular formula is C30H39N5O3. The van der Waals surface area contributed by atoms with Gasteiger partial charge in [-0.05, 0) is 80.1 Å². The van der Waals surface area contributed by atoms with Crippen molar-refractivity contribution in [3.63, 3.8) is 0 Å². The van der Waals surface area contributed by atoms with Gasteiger partial charge in [-0.1, -0.05) is 36.3 Å². The number of ether oxygens (including phenoxy) is 1. The van der Waals surface area contributed by atoms with E-state index in [9.17, 15) is 4.79 Å². The number of nitrogens with zero attached hydrogens (tertiary/aromatic N) is 4. The fourth-order valence-electron chi connectivity index (χ4n) is 5.57. The molecule has 1 N–H and O–H groups in total. The number of methoxy groups -OCH3 is 1. The first-order valence-corrected chi connectivity index (χ1v) is 13.8. The number of carbonyl (C=O) groups excluding carboxylic acids is 1. The van der Waals surface area contributed by atoms with E-state index in [1.807, 2.05) is 24.3 Å². The van der Waals surface area contributed by atoms with Crippen molar-refractivity contribution in [2.45, 2.75) is 52.2 Å². The third-order valence-electron chi connectivity index (χ3n) is 7.69. The molecule has 2 aliphatic heterocycles. The molecule has 0 radical (unpaired) electrons. The number of piperidine rings is 2. The number of amides is 1. The minimum absolute atomic E-state index is 0.0342. The highest BCUT2D eigenvalue weighted by atomic mass is 16.5. The van der Waals surface area contributed by atoms with E-state index in [4.69, 9.17) is 9.26 Å². The average molecular weight is 518 g/mol. The van der Waals surface area contributed by atoms with E-state index in [1.165, 1.54) is 31.5 Å². The van der Waals surface area contributed by atoms with Crippen LogP contribution in [0.3, 0.4) is 0 Å². The van der Waals surface area contributed by atoms with Crippen LogP contribution in [0, 0.1) is 11.8 Å². The molecule has 8 nitrogen and oxygen atoms in total. The minimum Gasteiger partial charge on any atom is -0.497 e. The summed E-state index contributed by atoms with van der Waals surface area (Å²) < 4.78 is 10.7. The van der Waals surface area contributed by atoms with Gasteiger partial charge in [0.25, 0.3) is 0 Å². The van der Waals surface area contributed by atoms with Gasteiger partial charge in [0.05, 0.1) is 19.6 Å². The van der Waals surface area contributed by atoms with Gasteiger partial charge in [-0.2, -0.15) is 4.98 Å². The lowest BCUT2D eigenvalue weighted by Gasteiger charge is -2.31. The molecular weight excluding hydrogens is 478 g/mol. The van der Waals surface area contributed by atoms with E-state index in [0.29, 0.717) is 31.3 Å². The van der Waals surface area contributed by atoms with Crippen molar-refractivity contribution in [2.24, 2.45) is 11.8 Å². The molecule has 5 rings (SSSR count). The maximum atomic E-state index is 13.0. The first-order valence-electron chi connectivity index (χ1n) is 13.8. The molecule has 2 unspecified atom stereocenters. The molecule has 3 heterocycles. The molecule has 0 spiro atoms. The second-order valence-electron chi connectivity index (χ2n) is 10.8. The van der Waals surface area contributed by atoms with Crippen molar-refractivity contribution in [3.05, 3.63) is 65.5 Å². The number of rotatable bonds is 9. The van der Waals surface area contributed by atoms with Gasteiger partial charge < -0.3 is 14.6 Å². The quantitative estimate of drug-likeness (QED) is 0.447. The molecule has 2 atom stereocenters. The van der Waals surface area contributed by atoms with Crippen LogP contribution in [0.15, 0.2) is 53.1 Å². The van der Waals surface area contributed by atoms with Gasteiger partial charge in [-0.25, -0.2) is 0 Å². The van der Waals surface area contributed by atoms with Crippen molar-refractivity contribution in [1.29, 1.82) is 0 Å². The summed E-state index contributed by atoms with van der Waals surface area (Å²) in [6.07, 6.45) is 4.51. The number of aromatic nitrogens is 2. The molecule has 2 fully saturated rings. The number of hydrogen-bond donors (Lipinski definition) is 1. The van der Waals surface area contributed by atoms with Crippen molar-refractivity contribution < 1.29 is 14.1 Å². The predicted octanol–water partition coefficient (Wildman–Crippen LogP) is 4.51. The van der Waals surface area contributed by atoms with E-state index in [-0.39, 0.29) is 11.8 Å². The van der Waals surface area contributed by atoms with Gasteiger partial charge in [-0.15, -0.1) is 0 Å². The predicted molar refractivity (Wildman–Crippen MR) is 146 cm³/mol. The summed E-state index contributed by atoms with van der Waals surface area (Å²) in [7, 11) is 1.64. The van der Waals surface area contributed by atoms with Crippen LogP contribution in [0.5, 0.6) is 5.75 Å². The standard InChI is InChI=1S/C30H39N5O3/c1-22-5-3-15-34(18-22)19-24-9-7-23(8-10-24)17-31-30(36)26-6-4-16-35(20-26)21-28-32-29(33-38-28)25-11-13-27(37-2)14-12-25/h7-14,22,26H,3-6,15-21H2,1-2H3,(H,31,36). The summed E-state index contributed by atoms with van der Waals surface area (Å²) in [5.41, 5.74) is 3.36. The van der Waals surface area contributed by atoms with E-state index in [2.05, 4.69) is 56.4 Å². The zero-order valence-electron chi connectivity index (χ0n) is 22.6. The number of nitrogens with one attached hydrogen (secondary N) is 1. The number of carbonyl (C=O) groups is 1. The molecule has 8 heteroatoms. The summed E-state index contributed by atoms with van der Waals surface area (Å²) >= 11 is 0. The highest BCUT2D eigenvalue weighted by Crippen LogP contribution is 2.22. The Kier molecular flexibility index (Phi) is 8.71. The van der Waals surface area contributed by atoms with Gasteiger partial charge >= 0.3 is 0 Å². The summed E-state index contributed by atoms with van der Waals surface area (Å²) in [5.74, 6) is 2.78. The maximum absolute atomic E-state index is 13.0. The molecule has 202 valence electrons. The van der Waals surface area contributed by atoms with Crippen molar-refractivity contribution in [1.82, 2.24) is 25.3 Å². The van der Waals surface area contributed by atoms with E-state index >= 15 is 0 Å². The molecule has 1 amide bonds. The molecule has 2 aliphatic rings. The van der Waals surface area contributed by atoms with Crippen molar-refractivity contribution >= 4 is 5.91 Å². The summed E-state index contributed by atoms with van der Waals surface area (Å²) in [6.45, 7) is 8.45. The molecule has 2 aromatic carbocycles. The fourth-order valence-corrected chi connectivity index (χ4v) is 5.57. The van der Waals surface area contributed by atoms with E-state index in [1.54, 1.807) is 7.11 Å². The van der Waals surface area contributed by atoms with Gasteiger partial charge in [-0.3, -0.25) is 14.6 Å². The summed E-state index contributed by atoms with van der Waals surface area (Å²) in [5, 5.41) is 7.29. The largest absolute Gasteiger partial charge is 0.497 e. The molecule has 0 saturated carbocycles. The maximum Gasteiger partial charge on any atom is 0.241 e. The van der Waals surface area contributed by atoms with Crippen molar-refractivity contribution in [3.8, 4) is 17.1 Å². The Balaban J connectivity index is 1.08. The molecule has 0 bridgehead atoms. The molecule has 3 aromatic rings. The highest BCUT2D eigenvalue weighted by molar-refractivity contribution is 5.79. The molecule has 38 heavy (non-hydrogen) atoms. The number of benzene rings is 2. The Morgan fingerprint density at radius 3 is 2.42 bits per heavy atom. The smallest absolute Gasteiger partial charge is 0.241 e. The third kappa shape index (κ3) is 6.99. The normalized spacial score (nSPS) is 20.8. The Morgan fingerprint density at radius 1 is 0.974 bits per heavy atom. The van der Waals surface area contributed by atoms with Gasteiger partial charge in [0.15, 0.2) is 0 Å².